The van der Waals surface area contributed by atoms with Gasteiger partial charge in [-0.3, -0.25) is 15.0 Å². The minimum absolute atomic E-state index is 0.334. The quantitative estimate of drug-likeness (QED) is 0.375. The first-order valence-corrected chi connectivity index (χ1v) is 10.4. The molecule has 7 nitrogen and oxygen atoms in total. The molecule has 0 aliphatic heterocycles. The second-order valence-corrected chi connectivity index (χ2v) is 7.76. The van der Waals surface area contributed by atoms with Crippen LogP contribution in [0.3, 0.4) is 0 Å². The smallest absolute Gasteiger partial charge is 0.258 e. The van der Waals surface area contributed by atoms with Gasteiger partial charge >= 0.3 is 0 Å². The molecule has 164 valence electrons. The second-order valence-electron chi connectivity index (χ2n) is 7.32. The number of amidine groups is 1. The van der Waals surface area contributed by atoms with E-state index in [0.29, 0.717) is 39.1 Å². The highest BCUT2D eigenvalue weighted by molar-refractivity contribution is 6.30. The molecule has 0 atom stereocenters. The maximum Gasteiger partial charge on any atom is 0.258 e. The van der Waals surface area contributed by atoms with Crippen LogP contribution in [0, 0.1) is 5.41 Å². The van der Waals surface area contributed by atoms with Gasteiger partial charge in [0.15, 0.2) is 0 Å². The van der Waals surface area contributed by atoms with Crippen LogP contribution in [0.25, 0.3) is 0 Å². The van der Waals surface area contributed by atoms with E-state index < -0.39 is 0 Å². The van der Waals surface area contributed by atoms with Gasteiger partial charge in [0.05, 0.1) is 16.3 Å². The SMILES string of the molecule is CCc1ccc(NC(=O)c2ccc(C(=N)N(C)C)cc2)c(C(=O)Nc2ccc(Cl)cn2)c1. The number of pyridine rings is 1. The standard InChI is InChI=1S/C24H24ClN5O2/c1-4-15-5-11-20(19(13-15)24(32)29-21-12-10-18(25)14-27-21)28-23(31)17-8-6-16(7-9-17)22(26)30(2)3/h5-14,26H,4H2,1-3H3,(H,28,31)(H,27,29,32). The van der Waals surface area contributed by atoms with E-state index in [1.54, 1.807) is 67.5 Å². The molecule has 32 heavy (non-hydrogen) atoms. The first kappa shape index (κ1) is 23.0. The van der Waals surface area contributed by atoms with Gasteiger partial charge in [-0.2, -0.15) is 0 Å². The summed E-state index contributed by atoms with van der Waals surface area (Å²) in [6.45, 7) is 1.99. The van der Waals surface area contributed by atoms with Crippen LogP contribution in [0.2, 0.25) is 5.02 Å². The third-order valence-electron chi connectivity index (χ3n) is 4.82. The van der Waals surface area contributed by atoms with Crippen LogP contribution < -0.4 is 10.6 Å². The Balaban J connectivity index is 1.82. The van der Waals surface area contributed by atoms with Crippen LogP contribution in [-0.4, -0.2) is 41.6 Å². The first-order chi connectivity index (χ1) is 15.3. The van der Waals surface area contributed by atoms with Gasteiger partial charge in [0.2, 0.25) is 0 Å². The van der Waals surface area contributed by atoms with Crippen LogP contribution in [-0.2, 0) is 6.42 Å². The number of aromatic nitrogens is 1. The van der Waals surface area contributed by atoms with Gasteiger partial charge < -0.3 is 15.5 Å². The molecule has 0 radical (unpaired) electrons. The Morgan fingerprint density at radius 2 is 1.66 bits per heavy atom. The molecule has 0 spiro atoms. The van der Waals surface area contributed by atoms with Crippen molar-refractivity contribution in [2.45, 2.75) is 13.3 Å². The molecule has 8 heteroatoms. The second kappa shape index (κ2) is 10.1. The Morgan fingerprint density at radius 1 is 0.969 bits per heavy atom. The van der Waals surface area contributed by atoms with Gasteiger partial charge in [-0.05, 0) is 48.4 Å². The molecule has 3 N–H and O–H groups in total. The molecule has 1 aromatic heterocycles. The lowest BCUT2D eigenvalue weighted by Gasteiger charge is -2.15. The number of hydrogen-bond donors (Lipinski definition) is 3. The van der Waals surface area contributed by atoms with Gasteiger partial charge in [-0.25, -0.2) is 4.98 Å². The number of carbonyl (C=O) groups excluding carboxylic acids is 2. The van der Waals surface area contributed by atoms with E-state index in [-0.39, 0.29) is 11.8 Å². The molecule has 0 saturated heterocycles. The third kappa shape index (κ3) is 5.50. The van der Waals surface area contributed by atoms with Crippen molar-refractivity contribution in [3.05, 3.63) is 88.1 Å². The highest BCUT2D eigenvalue weighted by atomic mass is 35.5. The number of hydrogen-bond acceptors (Lipinski definition) is 4. The van der Waals surface area contributed by atoms with E-state index in [9.17, 15) is 9.59 Å². The summed E-state index contributed by atoms with van der Waals surface area (Å²) in [5.41, 5.74) is 2.81. The van der Waals surface area contributed by atoms with Crippen molar-refractivity contribution in [2.75, 3.05) is 24.7 Å². The minimum atomic E-state index is -0.389. The van der Waals surface area contributed by atoms with Gasteiger partial charge in [-0.1, -0.05) is 36.7 Å². The van der Waals surface area contributed by atoms with Gasteiger partial charge in [-0.15, -0.1) is 0 Å². The summed E-state index contributed by atoms with van der Waals surface area (Å²) in [7, 11) is 3.57. The number of nitrogens with zero attached hydrogens (tertiary/aromatic N) is 2. The lowest BCUT2D eigenvalue weighted by atomic mass is 10.0. The lowest BCUT2D eigenvalue weighted by Crippen LogP contribution is -2.22. The summed E-state index contributed by atoms with van der Waals surface area (Å²) in [5, 5.41) is 14.0. The van der Waals surface area contributed by atoms with E-state index in [1.165, 1.54) is 6.20 Å². The molecule has 3 rings (SSSR count). The number of carbonyl (C=O) groups is 2. The molecule has 1 heterocycles. The molecule has 0 aliphatic rings. The number of aryl methyl sites for hydroxylation is 1. The Bertz CT molecular complexity index is 1140. The van der Waals surface area contributed by atoms with E-state index >= 15 is 0 Å². The van der Waals surface area contributed by atoms with Crippen LogP contribution in [0.1, 0.15) is 38.8 Å². The predicted molar refractivity (Wildman–Crippen MR) is 128 cm³/mol. The van der Waals surface area contributed by atoms with Gasteiger partial charge in [0.1, 0.15) is 11.7 Å². The van der Waals surface area contributed by atoms with Gasteiger partial charge in [0, 0.05) is 31.4 Å². The van der Waals surface area contributed by atoms with Crippen molar-refractivity contribution in [2.24, 2.45) is 0 Å². The normalized spacial score (nSPS) is 10.4. The van der Waals surface area contributed by atoms with Crippen LogP contribution in [0.4, 0.5) is 11.5 Å². The Morgan fingerprint density at radius 3 is 2.25 bits per heavy atom. The molecular weight excluding hydrogens is 426 g/mol. The number of rotatable bonds is 6. The average Bonchev–Trinajstić information content (AvgIpc) is 2.80. The van der Waals surface area contributed by atoms with Crippen molar-refractivity contribution in [1.82, 2.24) is 9.88 Å². The molecule has 0 unspecified atom stereocenters. The fraction of sp³-hybridized carbons (Fsp3) is 0.167. The number of benzene rings is 2. The molecule has 0 aliphatic carbocycles. The average molecular weight is 450 g/mol. The summed E-state index contributed by atoms with van der Waals surface area (Å²) in [6, 6.07) is 15.3. The molecule has 2 aromatic carbocycles. The van der Waals surface area contributed by atoms with E-state index in [4.69, 9.17) is 17.0 Å². The minimum Gasteiger partial charge on any atom is -0.363 e. The Kier molecular flexibility index (Phi) is 7.22. The maximum absolute atomic E-state index is 12.9. The number of amides is 2. The van der Waals surface area contributed by atoms with Crippen molar-refractivity contribution in [1.29, 1.82) is 5.41 Å². The molecule has 3 aromatic rings. The van der Waals surface area contributed by atoms with Crippen molar-refractivity contribution >= 4 is 40.8 Å². The van der Waals surface area contributed by atoms with Crippen LogP contribution in [0.5, 0.6) is 0 Å². The molecular formula is C24H24ClN5O2. The number of anilines is 2. The van der Waals surface area contributed by atoms with Gasteiger partial charge in [0.25, 0.3) is 11.8 Å². The summed E-state index contributed by atoms with van der Waals surface area (Å²) < 4.78 is 0. The Labute approximate surface area is 191 Å². The zero-order valence-electron chi connectivity index (χ0n) is 18.1. The fourth-order valence-corrected chi connectivity index (χ4v) is 3.09. The topological polar surface area (TPSA) is 98.2 Å². The first-order valence-electron chi connectivity index (χ1n) is 10.0. The van der Waals surface area contributed by atoms with Crippen molar-refractivity contribution in [3.63, 3.8) is 0 Å². The van der Waals surface area contributed by atoms with E-state index in [2.05, 4.69) is 15.6 Å². The molecule has 2 amide bonds. The maximum atomic E-state index is 12.9. The predicted octanol–water partition coefficient (Wildman–Crippen LogP) is 4.69. The monoisotopic (exact) mass is 449 g/mol. The van der Waals surface area contributed by atoms with Crippen LogP contribution in [0.15, 0.2) is 60.8 Å². The largest absolute Gasteiger partial charge is 0.363 e. The zero-order chi connectivity index (χ0) is 23.3. The summed E-state index contributed by atoms with van der Waals surface area (Å²) in [5.74, 6) is -0.0320. The van der Waals surface area contributed by atoms with Crippen molar-refractivity contribution < 1.29 is 9.59 Å². The number of halogens is 1. The summed E-state index contributed by atoms with van der Waals surface area (Å²) in [6.07, 6.45) is 2.19. The molecule has 0 bridgehead atoms. The fourth-order valence-electron chi connectivity index (χ4n) is 2.97. The zero-order valence-corrected chi connectivity index (χ0v) is 18.8. The molecule has 0 fully saturated rings. The number of nitrogens with one attached hydrogen (secondary N) is 3. The van der Waals surface area contributed by atoms with Crippen LogP contribution >= 0.6 is 11.6 Å². The van der Waals surface area contributed by atoms with Crippen molar-refractivity contribution in [3.8, 4) is 0 Å². The summed E-state index contributed by atoms with van der Waals surface area (Å²) >= 11 is 5.85. The highest BCUT2D eigenvalue weighted by Crippen LogP contribution is 2.21. The van der Waals surface area contributed by atoms with E-state index in [0.717, 1.165) is 12.0 Å². The lowest BCUT2D eigenvalue weighted by molar-refractivity contribution is 0.102. The van der Waals surface area contributed by atoms with E-state index in [1.807, 2.05) is 13.0 Å². The third-order valence-corrected chi connectivity index (χ3v) is 5.05. The molecule has 0 saturated carbocycles. The highest BCUT2D eigenvalue weighted by Gasteiger charge is 2.16. The summed E-state index contributed by atoms with van der Waals surface area (Å²) in [4.78, 5) is 31.5. The Hall–Kier alpha value is -3.71.